The highest BCUT2D eigenvalue weighted by Crippen LogP contribution is 2.17. The number of nitrogens with zero attached hydrogens (tertiary/aromatic N) is 1. The second kappa shape index (κ2) is 9.14. The van der Waals surface area contributed by atoms with Gasteiger partial charge in [0.1, 0.15) is 0 Å². The van der Waals surface area contributed by atoms with Crippen LogP contribution in [0, 0.1) is 0 Å². The van der Waals surface area contributed by atoms with Gasteiger partial charge in [0.15, 0.2) is 0 Å². The van der Waals surface area contributed by atoms with Crippen LogP contribution in [0.1, 0.15) is 53.9 Å². The van der Waals surface area contributed by atoms with E-state index in [1.807, 2.05) is 20.8 Å². The molecule has 0 aliphatic carbocycles. The Hall–Kier alpha value is -1.11. The third-order valence-electron chi connectivity index (χ3n) is 2.17. The van der Waals surface area contributed by atoms with Crippen molar-refractivity contribution in [2.75, 3.05) is 0 Å². The predicted octanol–water partition coefficient (Wildman–Crippen LogP) is 5.06. The molecule has 0 aromatic heterocycles. The maximum atomic E-state index is 4.60. The number of rotatable bonds is 6. The van der Waals surface area contributed by atoms with Crippen LogP contribution >= 0.6 is 0 Å². The minimum absolute atomic E-state index is 1.10. The van der Waals surface area contributed by atoms with E-state index in [2.05, 4.69) is 43.1 Å². The van der Waals surface area contributed by atoms with Crippen LogP contribution in [0.3, 0.4) is 0 Å². The first-order chi connectivity index (χ1) is 7.65. The molecular formula is C15H25N. The molecule has 0 fully saturated rings. The number of unbranched alkanes of at least 4 members (excludes halogenated alkanes) is 1. The topological polar surface area (TPSA) is 12.4 Å². The van der Waals surface area contributed by atoms with Gasteiger partial charge in [0.2, 0.25) is 0 Å². The molecule has 0 heterocycles. The highest BCUT2D eigenvalue weighted by Gasteiger charge is 1.99. The molecular weight excluding hydrogens is 194 g/mol. The molecule has 0 spiro atoms. The number of hydrogen-bond donors (Lipinski definition) is 0. The number of aliphatic imine (C=N–C) groups is 1. The minimum Gasteiger partial charge on any atom is -0.258 e. The maximum absolute atomic E-state index is 4.60. The van der Waals surface area contributed by atoms with Crippen molar-refractivity contribution in [3.05, 3.63) is 35.6 Å². The van der Waals surface area contributed by atoms with Crippen LogP contribution in [-0.2, 0) is 0 Å². The Morgan fingerprint density at radius 2 is 1.69 bits per heavy atom. The van der Waals surface area contributed by atoms with Crippen molar-refractivity contribution in [2.24, 2.45) is 4.99 Å². The summed E-state index contributed by atoms with van der Waals surface area (Å²) in [6.07, 6.45) is 12.0. The summed E-state index contributed by atoms with van der Waals surface area (Å²) in [5, 5.41) is 0. The Kier molecular flexibility index (Phi) is 8.51. The molecule has 0 amide bonds. The van der Waals surface area contributed by atoms with Gasteiger partial charge in [-0.25, -0.2) is 0 Å². The smallest absolute Gasteiger partial charge is 0.0657 e. The lowest BCUT2D eigenvalue weighted by Crippen LogP contribution is -1.89. The van der Waals surface area contributed by atoms with E-state index in [-0.39, 0.29) is 0 Å². The summed E-state index contributed by atoms with van der Waals surface area (Å²) in [4.78, 5) is 4.60. The zero-order valence-corrected chi connectivity index (χ0v) is 11.4. The maximum Gasteiger partial charge on any atom is 0.0657 e. The summed E-state index contributed by atoms with van der Waals surface area (Å²) < 4.78 is 0. The molecule has 0 radical (unpaired) electrons. The zero-order chi connectivity index (χ0) is 12.4. The van der Waals surface area contributed by atoms with Gasteiger partial charge in [-0.2, -0.15) is 0 Å². The second-order valence-electron chi connectivity index (χ2n) is 4.07. The van der Waals surface area contributed by atoms with Crippen molar-refractivity contribution in [3.8, 4) is 0 Å². The van der Waals surface area contributed by atoms with Gasteiger partial charge in [-0.15, -0.1) is 0 Å². The van der Waals surface area contributed by atoms with Gasteiger partial charge in [-0.1, -0.05) is 31.6 Å². The molecule has 0 atom stereocenters. The SMILES string of the molecule is C\C=C/C(CCCC)=C(\C=C/C)N=C(C)C. The van der Waals surface area contributed by atoms with Crippen LogP contribution in [-0.4, -0.2) is 5.71 Å². The third kappa shape index (κ3) is 6.39. The Labute approximate surface area is 101 Å². The number of allylic oxidation sites excluding steroid dienone is 5. The molecule has 0 aromatic rings. The lowest BCUT2D eigenvalue weighted by molar-refractivity contribution is 0.793. The van der Waals surface area contributed by atoms with Crippen molar-refractivity contribution in [1.29, 1.82) is 0 Å². The Morgan fingerprint density at radius 3 is 2.12 bits per heavy atom. The molecule has 0 unspecified atom stereocenters. The van der Waals surface area contributed by atoms with Crippen molar-refractivity contribution in [3.63, 3.8) is 0 Å². The summed E-state index contributed by atoms with van der Waals surface area (Å²) >= 11 is 0. The fourth-order valence-corrected chi connectivity index (χ4v) is 1.48. The van der Waals surface area contributed by atoms with Crippen molar-refractivity contribution in [2.45, 2.75) is 53.9 Å². The van der Waals surface area contributed by atoms with Gasteiger partial charge in [0, 0.05) is 5.71 Å². The van der Waals surface area contributed by atoms with Crippen molar-refractivity contribution in [1.82, 2.24) is 0 Å². The molecule has 0 aliphatic heterocycles. The fourth-order valence-electron chi connectivity index (χ4n) is 1.48. The quantitative estimate of drug-likeness (QED) is 0.437. The van der Waals surface area contributed by atoms with E-state index in [9.17, 15) is 0 Å². The Morgan fingerprint density at radius 1 is 1.06 bits per heavy atom. The minimum atomic E-state index is 1.10. The largest absolute Gasteiger partial charge is 0.258 e. The average molecular weight is 219 g/mol. The van der Waals surface area contributed by atoms with Gasteiger partial charge in [-0.3, -0.25) is 4.99 Å². The molecule has 0 saturated heterocycles. The number of hydrogen-bond acceptors (Lipinski definition) is 1. The molecule has 16 heavy (non-hydrogen) atoms. The van der Waals surface area contributed by atoms with Gasteiger partial charge in [0.25, 0.3) is 0 Å². The lowest BCUT2D eigenvalue weighted by Gasteiger charge is -2.05. The first-order valence-electron chi connectivity index (χ1n) is 6.16. The van der Waals surface area contributed by atoms with Crippen LogP contribution in [0.5, 0.6) is 0 Å². The van der Waals surface area contributed by atoms with Crippen LogP contribution in [0.25, 0.3) is 0 Å². The van der Waals surface area contributed by atoms with E-state index < -0.39 is 0 Å². The molecule has 1 nitrogen and oxygen atoms in total. The molecule has 0 aliphatic rings. The van der Waals surface area contributed by atoms with Gasteiger partial charge >= 0.3 is 0 Å². The van der Waals surface area contributed by atoms with Crippen LogP contribution in [0.4, 0.5) is 0 Å². The summed E-state index contributed by atoms with van der Waals surface area (Å²) in [5.41, 5.74) is 3.55. The fraction of sp³-hybridized carbons (Fsp3) is 0.533. The van der Waals surface area contributed by atoms with E-state index in [1.165, 1.54) is 18.4 Å². The third-order valence-corrected chi connectivity index (χ3v) is 2.17. The van der Waals surface area contributed by atoms with Crippen molar-refractivity contribution >= 4 is 5.71 Å². The van der Waals surface area contributed by atoms with Gasteiger partial charge in [-0.05, 0) is 52.2 Å². The Balaban J connectivity index is 5.16. The summed E-state index contributed by atoms with van der Waals surface area (Å²) in [6.45, 7) is 10.4. The summed E-state index contributed by atoms with van der Waals surface area (Å²) in [6, 6.07) is 0. The molecule has 0 rings (SSSR count). The van der Waals surface area contributed by atoms with E-state index in [4.69, 9.17) is 0 Å². The van der Waals surface area contributed by atoms with E-state index in [0.717, 1.165) is 17.8 Å². The van der Waals surface area contributed by atoms with Gasteiger partial charge in [0.05, 0.1) is 5.70 Å². The normalized spacial score (nSPS) is 13.3. The molecule has 1 heteroatoms. The summed E-state index contributed by atoms with van der Waals surface area (Å²) in [5.74, 6) is 0. The van der Waals surface area contributed by atoms with Crippen LogP contribution < -0.4 is 0 Å². The first-order valence-corrected chi connectivity index (χ1v) is 6.16. The van der Waals surface area contributed by atoms with E-state index in [0.29, 0.717) is 0 Å². The van der Waals surface area contributed by atoms with Crippen LogP contribution in [0.15, 0.2) is 40.6 Å². The molecule has 90 valence electrons. The highest BCUT2D eigenvalue weighted by molar-refractivity contribution is 5.80. The predicted molar refractivity (Wildman–Crippen MR) is 75.0 cm³/mol. The average Bonchev–Trinajstić information content (AvgIpc) is 2.23. The monoisotopic (exact) mass is 219 g/mol. The first kappa shape index (κ1) is 14.9. The van der Waals surface area contributed by atoms with E-state index >= 15 is 0 Å². The summed E-state index contributed by atoms with van der Waals surface area (Å²) in [7, 11) is 0. The standard InChI is InChI=1S/C15H25N/c1-6-9-12-14(10-7-2)15(11-8-3)16-13(4)5/h7-8,10-11H,6,9,12H2,1-5H3/b10-7-,11-8-,15-14-. The Bertz CT molecular complexity index is 299. The molecule has 0 saturated carbocycles. The van der Waals surface area contributed by atoms with Crippen LogP contribution in [0.2, 0.25) is 0 Å². The molecule has 0 bridgehead atoms. The second-order valence-corrected chi connectivity index (χ2v) is 4.07. The lowest BCUT2D eigenvalue weighted by atomic mass is 10.1. The molecule has 0 aromatic carbocycles. The zero-order valence-electron chi connectivity index (χ0n) is 11.4. The highest BCUT2D eigenvalue weighted by atomic mass is 14.7. The van der Waals surface area contributed by atoms with Crippen molar-refractivity contribution < 1.29 is 0 Å². The van der Waals surface area contributed by atoms with Gasteiger partial charge < -0.3 is 0 Å². The molecule has 0 N–H and O–H groups in total. The van der Waals surface area contributed by atoms with E-state index in [1.54, 1.807) is 0 Å².